The summed E-state index contributed by atoms with van der Waals surface area (Å²) in [5, 5.41) is 2.84. The zero-order valence-corrected chi connectivity index (χ0v) is 19.0. The van der Waals surface area contributed by atoms with Crippen molar-refractivity contribution in [3.05, 3.63) is 101 Å². The third-order valence-corrected chi connectivity index (χ3v) is 5.24. The fraction of sp³-hybridized carbons (Fsp3) is 0.259. The molecule has 6 heteroatoms. The highest BCUT2D eigenvalue weighted by molar-refractivity contribution is 5.88. The van der Waals surface area contributed by atoms with Crippen LogP contribution in [0.5, 0.6) is 5.75 Å². The second kappa shape index (κ2) is 11.8. The largest absolute Gasteiger partial charge is 0.484 e. The summed E-state index contributed by atoms with van der Waals surface area (Å²) in [6.45, 7) is 4.17. The zero-order valence-electron chi connectivity index (χ0n) is 19.0. The van der Waals surface area contributed by atoms with Crippen molar-refractivity contribution in [2.24, 2.45) is 0 Å². The van der Waals surface area contributed by atoms with Gasteiger partial charge in [0.05, 0.1) is 0 Å². The predicted molar refractivity (Wildman–Crippen MR) is 126 cm³/mol. The van der Waals surface area contributed by atoms with Crippen molar-refractivity contribution in [3.63, 3.8) is 0 Å². The Hall–Kier alpha value is -3.67. The minimum atomic E-state index is -0.744. The van der Waals surface area contributed by atoms with Gasteiger partial charge in [0, 0.05) is 19.5 Å². The molecule has 0 saturated carbocycles. The Morgan fingerprint density at radius 1 is 0.970 bits per heavy atom. The van der Waals surface area contributed by atoms with Gasteiger partial charge in [0.25, 0.3) is 5.91 Å². The van der Waals surface area contributed by atoms with Crippen LogP contribution in [0.3, 0.4) is 0 Å². The number of amides is 2. The molecule has 0 bridgehead atoms. The maximum atomic E-state index is 13.4. The number of nitrogens with one attached hydrogen (secondary N) is 1. The molecular formula is C27H29FN2O3. The van der Waals surface area contributed by atoms with Crippen molar-refractivity contribution in [1.29, 1.82) is 0 Å². The average molecular weight is 449 g/mol. The van der Waals surface area contributed by atoms with E-state index in [2.05, 4.69) is 5.32 Å². The SMILES string of the molecule is CCNC(=O)C(Cc1ccccc1)N(Cc1ccc(F)cc1)C(=O)COc1cccc(C)c1. The van der Waals surface area contributed by atoms with E-state index in [0.717, 1.165) is 16.7 Å². The number of halogens is 1. The van der Waals surface area contributed by atoms with Gasteiger partial charge in [0.1, 0.15) is 17.6 Å². The summed E-state index contributed by atoms with van der Waals surface area (Å²) in [6.07, 6.45) is 0.351. The Labute approximate surface area is 194 Å². The third kappa shape index (κ3) is 7.17. The minimum absolute atomic E-state index is 0.158. The van der Waals surface area contributed by atoms with Crippen LogP contribution in [0.25, 0.3) is 0 Å². The summed E-state index contributed by atoms with van der Waals surface area (Å²) in [5.74, 6) is -0.341. The minimum Gasteiger partial charge on any atom is -0.484 e. The van der Waals surface area contributed by atoms with Crippen molar-refractivity contribution >= 4 is 11.8 Å². The van der Waals surface area contributed by atoms with Crippen LogP contribution >= 0.6 is 0 Å². The molecule has 0 aliphatic rings. The van der Waals surface area contributed by atoms with Crippen LogP contribution < -0.4 is 10.1 Å². The maximum Gasteiger partial charge on any atom is 0.261 e. The number of carbonyl (C=O) groups excluding carboxylic acids is 2. The molecule has 172 valence electrons. The quantitative estimate of drug-likeness (QED) is 0.503. The molecule has 2 amide bonds. The summed E-state index contributed by atoms with van der Waals surface area (Å²) in [6, 6.07) is 22.2. The van der Waals surface area contributed by atoms with E-state index in [0.29, 0.717) is 18.7 Å². The van der Waals surface area contributed by atoms with Gasteiger partial charge in [0.15, 0.2) is 6.61 Å². The number of rotatable bonds is 10. The molecule has 0 spiro atoms. The Morgan fingerprint density at radius 3 is 2.36 bits per heavy atom. The van der Waals surface area contributed by atoms with Gasteiger partial charge in [-0.2, -0.15) is 0 Å². The van der Waals surface area contributed by atoms with Gasteiger partial charge in [0.2, 0.25) is 5.91 Å². The van der Waals surface area contributed by atoms with E-state index in [4.69, 9.17) is 4.74 Å². The van der Waals surface area contributed by atoms with E-state index in [9.17, 15) is 14.0 Å². The van der Waals surface area contributed by atoms with Crippen molar-refractivity contribution in [1.82, 2.24) is 10.2 Å². The first-order chi connectivity index (χ1) is 16.0. The van der Waals surface area contributed by atoms with E-state index in [-0.39, 0.29) is 30.8 Å². The van der Waals surface area contributed by atoms with Crippen LogP contribution in [0.2, 0.25) is 0 Å². The Balaban J connectivity index is 1.88. The van der Waals surface area contributed by atoms with Crippen molar-refractivity contribution in [3.8, 4) is 5.75 Å². The van der Waals surface area contributed by atoms with Gasteiger partial charge in [-0.1, -0.05) is 54.6 Å². The maximum absolute atomic E-state index is 13.4. The predicted octanol–water partition coefficient (Wildman–Crippen LogP) is 4.29. The highest BCUT2D eigenvalue weighted by atomic mass is 19.1. The molecule has 0 aliphatic heterocycles. The lowest BCUT2D eigenvalue weighted by Gasteiger charge is -2.31. The number of carbonyl (C=O) groups is 2. The van der Waals surface area contributed by atoms with Crippen LogP contribution in [0.15, 0.2) is 78.9 Å². The topological polar surface area (TPSA) is 58.6 Å². The van der Waals surface area contributed by atoms with Crippen molar-refractivity contribution in [2.45, 2.75) is 32.9 Å². The molecule has 0 aromatic heterocycles. The second-order valence-electron chi connectivity index (χ2n) is 7.85. The van der Waals surface area contributed by atoms with Crippen LogP contribution in [0.1, 0.15) is 23.6 Å². The van der Waals surface area contributed by atoms with Gasteiger partial charge in [-0.3, -0.25) is 9.59 Å². The lowest BCUT2D eigenvalue weighted by atomic mass is 10.0. The summed E-state index contributed by atoms with van der Waals surface area (Å²) in [5.41, 5.74) is 2.68. The number of nitrogens with zero attached hydrogens (tertiary/aromatic N) is 1. The summed E-state index contributed by atoms with van der Waals surface area (Å²) >= 11 is 0. The third-order valence-electron chi connectivity index (χ3n) is 5.24. The van der Waals surface area contributed by atoms with Gasteiger partial charge in [-0.05, 0) is 54.8 Å². The Kier molecular flexibility index (Phi) is 8.58. The lowest BCUT2D eigenvalue weighted by Crippen LogP contribution is -2.51. The lowest BCUT2D eigenvalue weighted by molar-refractivity contribution is -0.142. The van der Waals surface area contributed by atoms with Crippen molar-refractivity contribution in [2.75, 3.05) is 13.2 Å². The zero-order chi connectivity index (χ0) is 23.6. The molecule has 0 aliphatic carbocycles. The average Bonchev–Trinajstić information content (AvgIpc) is 2.82. The molecule has 0 fully saturated rings. The summed E-state index contributed by atoms with van der Waals surface area (Å²) in [4.78, 5) is 27.9. The first-order valence-corrected chi connectivity index (χ1v) is 11.0. The molecule has 1 atom stereocenters. The van der Waals surface area contributed by atoms with E-state index in [1.54, 1.807) is 18.2 Å². The Bertz CT molecular complexity index is 1050. The highest BCUT2D eigenvalue weighted by Gasteiger charge is 2.30. The molecule has 1 unspecified atom stereocenters. The summed E-state index contributed by atoms with van der Waals surface area (Å²) in [7, 11) is 0. The number of aryl methyl sites for hydroxylation is 1. The van der Waals surface area contributed by atoms with Crippen LogP contribution in [0, 0.1) is 12.7 Å². The van der Waals surface area contributed by atoms with Gasteiger partial charge in [-0.15, -0.1) is 0 Å². The smallest absolute Gasteiger partial charge is 0.261 e. The van der Waals surface area contributed by atoms with E-state index in [1.165, 1.54) is 17.0 Å². The second-order valence-corrected chi connectivity index (χ2v) is 7.85. The standard InChI is InChI=1S/C27H29FN2O3/c1-3-29-27(32)25(17-21-9-5-4-6-10-21)30(18-22-12-14-23(28)15-13-22)26(31)19-33-24-11-7-8-20(2)16-24/h4-16,25H,3,17-19H2,1-2H3,(H,29,32). The molecule has 5 nitrogen and oxygen atoms in total. The highest BCUT2D eigenvalue weighted by Crippen LogP contribution is 2.17. The Morgan fingerprint density at radius 2 is 1.70 bits per heavy atom. The molecule has 33 heavy (non-hydrogen) atoms. The first-order valence-electron chi connectivity index (χ1n) is 11.0. The molecule has 0 saturated heterocycles. The number of benzene rings is 3. The molecular weight excluding hydrogens is 419 g/mol. The number of likely N-dealkylation sites (N-methyl/N-ethyl adjacent to an activating group) is 1. The normalized spacial score (nSPS) is 11.5. The molecule has 0 radical (unpaired) electrons. The number of hydrogen-bond donors (Lipinski definition) is 1. The van der Waals surface area contributed by atoms with Crippen LogP contribution in [-0.4, -0.2) is 35.9 Å². The van der Waals surface area contributed by atoms with Gasteiger partial charge in [-0.25, -0.2) is 4.39 Å². The van der Waals surface area contributed by atoms with Crippen LogP contribution in [-0.2, 0) is 22.6 Å². The number of hydrogen-bond acceptors (Lipinski definition) is 3. The molecule has 3 aromatic rings. The number of ether oxygens (including phenoxy) is 1. The van der Waals surface area contributed by atoms with Gasteiger partial charge < -0.3 is 15.0 Å². The monoisotopic (exact) mass is 448 g/mol. The fourth-order valence-corrected chi connectivity index (χ4v) is 3.57. The van der Waals surface area contributed by atoms with E-state index in [1.807, 2.05) is 62.4 Å². The van der Waals surface area contributed by atoms with Gasteiger partial charge >= 0.3 is 0 Å². The van der Waals surface area contributed by atoms with E-state index >= 15 is 0 Å². The molecule has 3 aromatic carbocycles. The molecule has 1 N–H and O–H groups in total. The van der Waals surface area contributed by atoms with E-state index < -0.39 is 6.04 Å². The molecule has 3 rings (SSSR count). The molecule has 0 heterocycles. The summed E-state index contributed by atoms with van der Waals surface area (Å²) < 4.78 is 19.2. The van der Waals surface area contributed by atoms with Crippen molar-refractivity contribution < 1.29 is 18.7 Å². The fourth-order valence-electron chi connectivity index (χ4n) is 3.57. The van der Waals surface area contributed by atoms with Crippen LogP contribution in [0.4, 0.5) is 4.39 Å². The first kappa shape index (κ1) is 24.0.